The lowest BCUT2D eigenvalue weighted by Crippen LogP contribution is -2.41. The van der Waals surface area contributed by atoms with Gasteiger partial charge in [0.15, 0.2) is 6.29 Å². The van der Waals surface area contributed by atoms with Crippen LogP contribution in [0.2, 0.25) is 0 Å². The molecule has 0 aromatic carbocycles. The zero-order chi connectivity index (χ0) is 15.6. The Labute approximate surface area is 129 Å². The Kier molecular flexibility index (Phi) is 4.66. The van der Waals surface area contributed by atoms with E-state index in [0.29, 0.717) is 24.7 Å². The number of carbonyl (C=O) groups excluding carboxylic acids is 2. The molecule has 0 unspecified atom stereocenters. The van der Waals surface area contributed by atoms with E-state index in [1.165, 1.54) is 0 Å². The molecule has 0 spiro atoms. The summed E-state index contributed by atoms with van der Waals surface area (Å²) in [6.45, 7) is 8.88. The van der Waals surface area contributed by atoms with E-state index < -0.39 is 5.60 Å². The number of thiazole rings is 1. The van der Waals surface area contributed by atoms with Crippen molar-refractivity contribution in [2.75, 3.05) is 13.1 Å². The molecule has 1 saturated heterocycles. The molecule has 5 nitrogen and oxygen atoms in total. The van der Waals surface area contributed by atoms with Crippen LogP contribution in [0.15, 0.2) is 0 Å². The van der Waals surface area contributed by atoms with Crippen molar-refractivity contribution < 1.29 is 14.3 Å². The van der Waals surface area contributed by atoms with Gasteiger partial charge in [0.2, 0.25) is 0 Å². The number of aromatic nitrogens is 1. The van der Waals surface area contributed by atoms with Gasteiger partial charge in [0.1, 0.15) is 11.3 Å². The van der Waals surface area contributed by atoms with Crippen molar-refractivity contribution in [3.8, 4) is 0 Å². The van der Waals surface area contributed by atoms with Gasteiger partial charge in [-0.2, -0.15) is 0 Å². The smallest absolute Gasteiger partial charge is 0.410 e. The first-order chi connectivity index (χ1) is 9.80. The molecule has 1 aliphatic rings. The van der Waals surface area contributed by atoms with Crippen molar-refractivity contribution in [3.63, 3.8) is 0 Å². The number of aryl methyl sites for hydroxylation is 1. The highest BCUT2D eigenvalue weighted by Crippen LogP contribution is 2.32. The fourth-order valence-corrected chi connectivity index (χ4v) is 3.41. The van der Waals surface area contributed by atoms with Crippen LogP contribution < -0.4 is 0 Å². The van der Waals surface area contributed by atoms with Crippen LogP contribution in [0.1, 0.15) is 59.9 Å². The van der Waals surface area contributed by atoms with Crippen LogP contribution in [-0.4, -0.2) is 41.0 Å². The minimum atomic E-state index is -0.459. The van der Waals surface area contributed by atoms with Crippen molar-refractivity contribution >= 4 is 23.7 Å². The molecule has 1 amide bonds. The van der Waals surface area contributed by atoms with E-state index >= 15 is 0 Å². The molecule has 1 aliphatic heterocycles. The van der Waals surface area contributed by atoms with E-state index in [-0.39, 0.29) is 6.09 Å². The zero-order valence-corrected chi connectivity index (χ0v) is 13.8. The minimum Gasteiger partial charge on any atom is -0.444 e. The second-order valence-corrected chi connectivity index (χ2v) is 7.59. The van der Waals surface area contributed by atoms with Gasteiger partial charge in [0.05, 0.1) is 5.01 Å². The van der Waals surface area contributed by atoms with Crippen LogP contribution in [0, 0.1) is 6.92 Å². The molecule has 116 valence electrons. The molecular formula is C15H22N2O3S. The van der Waals surface area contributed by atoms with Crippen LogP contribution in [0.4, 0.5) is 4.79 Å². The van der Waals surface area contributed by atoms with E-state index in [2.05, 4.69) is 4.98 Å². The van der Waals surface area contributed by atoms with E-state index in [9.17, 15) is 9.59 Å². The number of nitrogens with zero attached hydrogens (tertiary/aromatic N) is 2. The SMILES string of the molecule is Cc1sc(C2CCN(C(=O)OC(C)(C)C)CC2)nc1C=O. The normalized spacial score (nSPS) is 16.9. The zero-order valence-electron chi connectivity index (χ0n) is 13.0. The lowest BCUT2D eigenvalue weighted by Gasteiger charge is -2.32. The molecular weight excluding hydrogens is 288 g/mol. The van der Waals surface area contributed by atoms with E-state index in [1.807, 2.05) is 27.7 Å². The first-order valence-corrected chi connectivity index (χ1v) is 8.02. The number of piperidine rings is 1. The second kappa shape index (κ2) is 6.13. The molecule has 1 aromatic rings. The van der Waals surface area contributed by atoms with Gasteiger partial charge < -0.3 is 9.64 Å². The number of hydrogen-bond donors (Lipinski definition) is 0. The minimum absolute atomic E-state index is 0.246. The topological polar surface area (TPSA) is 59.5 Å². The van der Waals surface area contributed by atoms with Gasteiger partial charge in [-0.3, -0.25) is 4.79 Å². The maximum atomic E-state index is 12.0. The number of ether oxygens (including phenoxy) is 1. The maximum absolute atomic E-state index is 12.0. The average molecular weight is 310 g/mol. The second-order valence-electron chi connectivity index (χ2n) is 6.35. The molecule has 6 heteroatoms. The first-order valence-electron chi connectivity index (χ1n) is 7.20. The number of amides is 1. The van der Waals surface area contributed by atoms with Gasteiger partial charge in [-0.25, -0.2) is 9.78 Å². The quantitative estimate of drug-likeness (QED) is 0.786. The van der Waals surface area contributed by atoms with Crippen LogP contribution in [0.3, 0.4) is 0 Å². The van der Waals surface area contributed by atoms with Crippen molar-refractivity contribution in [1.82, 2.24) is 9.88 Å². The van der Waals surface area contributed by atoms with Crippen LogP contribution in [0.5, 0.6) is 0 Å². The Morgan fingerprint density at radius 1 is 1.38 bits per heavy atom. The first kappa shape index (κ1) is 15.9. The fourth-order valence-electron chi connectivity index (χ4n) is 2.35. The van der Waals surface area contributed by atoms with Gasteiger partial charge in [0, 0.05) is 23.9 Å². The predicted octanol–water partition coefficient (Wildman–Crippen LogP) is 3.38. The van der Waals surface area contributed by atoms with Crippen molar-refractivity contribution in [2.24, 2.45) is 0 Å². The monoisotopic (exact) mass is 310 g/mol. The van der Waals surface area contributed by atoms with Gasteiger partial charge in [0.25, 0.3) is 0 Å². The summed E-state index contributed by atoms with van der Waals surface area (Å²) in [7, 11) is 0. The predicted molar refractivity (Wildman–Crippen MR) is 82.0 cm³/mol. The number of carbonyl (C=O) groups is 2. The summed E-state index contributed by atoms with van der Waals surface area (Å²) in [6, 6.07) is 0. The number of hydrogen-bond acceptors (Lipinski definition) is 5. The molecule has 2 heterocycles. The third-order valence-electron chi connectivity index (χ3n) is 3.46. The standard InChI is InChI=1S/C15H22N2O3S/c1-10-12(9-18)16-13(21-10)11-5-7-17(8-6-11)14(19)20-15(2,3)4/h9,11H,5-8H2,1-4H3. The Morgan fingerprint density at radius 2 is 2.00 bits per heavy atom. The largest absolute Gasteiger partial charge is 0.444 e. The Bertz CT molecular complexity index is 526. The molecule has 1 fully saturated rings. The summed E-state index contributed by atoms with van der Waals surface area (Å²) in [5, 5.41) is 1.01. The lowest BCUT2D eigenvalue weighted by atomic mass is 9.98. The lowest BCUT2D eigenvalue weighted by molar-refractivity contribution is 0.0205. The fraction of sp³-hybridized carbons (Fsp3) is 0.667. The van der Waals surface area contributed by atoms with Gasteiger partial charge in [-0.1, -0.05) is 0 Å². The summed E-state index contributed by atoms with van der Waals surface area (Å²) >= 11 is 1.59. The third-order valence-corrected chi connectivity index (χ3v) is 4.61. The third kappa shape index (κ3) is 4.03. The highest BCUT2D eigenvalue weighted by molar-refractivity contribution is 7.11. The molecule has 0 saturated carbocycles. The highest BCUT2D eigenvalue weighted by atomic mass is 32.1. The molecule has 0 bridgehead atoms. The Balaban J connectivity index is 1.93. The average Bonchev–Trinajstić information content (AvgIpc) is 2.78. The Hall–Kier alpha value is -1.43. The van der Waals surface area contributed by atoms with Crippen LogP contribution >= 0.6 is 11.3 Å². The van der Waals surface area contributed by atoms with E-state index in [1.54, 1.807) is 16.2 Å². The van der Waals surface area contributed by atoms with Crippen molar-refractivity contribution in [3.05, 3.63) is 15.6 Å². The molecule has 2 rings (SSSR count). The molecule has 0 aliphatic carbocycles. The van der Waals surface area contributed by atoms with Crippen molar-refractivity contribution in [2.45, 2.75) is 52.1 Å². The number of likely N-dealkylation sites (tertiary alicyclic amines) is 1. The highest BCUT2D eigenvalue weighted by Gasteiger charge is 2.29. The summed E-state index contributed by atoms with van der Waals surface area (Å²) in [5.41, 5.74) is 0.0868. The van der Waals surface area contributed by atoms with E-state index in [0.717, 1.165) is 29.0 Å². The van der Waals surface area contributed by atoms with Gasteiger partial charge in [-0.05, 0) is 40.5 Å². The van der Waals surface area contributed by atoms with E-state index in [4.69, 9.17) is 4.74 Å². The molecule has 0 atom stereocenters. The molecule has 0 N–H and O–H groups in total. The molecule has 0 radical (unpaired) electrons. The summed E-state index contributed by atoms with van der Waals surface area (Å²) in [5.74, 6) is 0.334. The van der Waals surface area contributed by atoms with Crippen LogP contribution in [0.25, 0.3) is 0 Å². The summed E-state index contributed by atoms with van der Waals surface area (Å²) in [6.07, 6.45) is 2.30. The van der Waals surface area contributed by atoms with Crippen LogP contribution in [-0.2, 0) is 4.74 Å². The van der Waals surface area contributed by atoms with Crippen molar-refractivity contribution in [1.29, 1.82) is 0 Å². The summed E-state index contributed by atoms with van der Waals surface area (Å²) in [4.78, 5) is 30.0. The summed E-state index contributed by atoms with van der Waals surface area (Å²) < 4.78 is 5.39. The number of rotatable bonds is 2. The number of aldehydes is 1. The maximum Gasteiger partial charge on any atom is 0.410 e. The van der Waals surface area contributed by atoms with Gasteiger partial charge in [-0.15, -0.1) is 11.3 Å². The Morgan fingerprint density at radius 3 is 2.48 bits per heavy atom. The molecule has 1 aromatic heterocycles. The molecule has 21 heavy (non-hydrogen) atoms. The van der Waals surface area contributed by atoms with Gasteiger partial charge >= 0.3 is 6.09 Å².